The van der Waals surface area contributed by atoms with Crippen LogP contribution in [0.4, 0.5) is 4.79 Å². The number of hydrogen-bond donors (Lipinski definition) is 2. The van der Waals surface area contributed by atoms with Gasteiger partial charge in [0.25, 0.3) is 0 Å². The lowest BCUT2D eigenvalue weighted by Gasteiger charge is -2.28. The van der Waals surface area contributed by atoms with Gasteiger partial charge < -0.3 is 10.6 Å². The molecule has 7 heteroatoms. The topological polar surface area (TPSA) is 107 Å². The fourth-order valence-electron chi connectivity index (χ4n) is 2.29. The number of benzene rings is 1. The first-order valence-corrected chi connectivity index (χ1v) is 6.52. The number of nitrogens with zero attached hydrogens (tertiary/aromatic N) is 3. The number of amides is 2. The van der Waals surface area contributed by atoms with Crippen molar-refractivity contribution in [3.8, 4) is 0 Å². The van der Waals surface area contributed by atoms with Crippen LogP contribution in [0.3, 0.4) is 0 Å². The van der Waals surface area contributed by atoms with Gasteiger partial charge in [-0.2, -0.15) is 0 Å². The van der Waals surface area contributed by atoms with Crippen LogP contribution in [0.25, 0.3) is 10.4 Å². The van der Waals surface area contributed by atoms with Crippen molar-refractivity contribution in [2.24, 2.45) is 5.11 Å². The summed E-state index contributed by atoms with van der Waals surface area (Å²) in [5.41, 5.74) is 9.91. The van der Waals surface area contributed by atoms with Crippen LogP contribution in [0.1, 0.15) is 23.7 Å². The lowest BCUT2D eigenvalue weighted by molar-refractivity contribution is 0.102. The first-order valence-electron chi connectivity index (χ1n) is 6.52. The molecule has 2 amide bonds. The third-order valence-corrected chi connectivity index (χ3v) is 3.22. The van der Waals surface area contributed by atoms with Gasteiger partial charge in [-0.05, 0) is 18.9 Å². The summed E-state index contributed by atoms with van der Waals surface area (Å²) >= 11 is 0. The van der Waals surface area contributed by atoms with Crippen LogP contribution in [-0.2, 0) is 0 Å². The van der Waals surface area contributed by atoms with Crippen LogP contribution in [-0.4, -0.2) is 24.4 Å². The van der Waals surface area contributed by atoms with Crippen LogP contribution in [0.5, 0.6) is 0 Å². The Morgan fingerprint density at radius 2 is 2.10 bits per heavy atom. The van der Waals surface area contributed by atoms with Crippen molar-refractivity contribution in [2.45, 2.75) is 19.4 Å². The fraction of sp³-hybridized carbons (Fsp3) is 0.286. The van der Waals surface area contributed by atoms with Crippen LogP contribution in [0.2, 0.25) is 0 Å². The van der Waals surface area contributed by atoms with Crippen LogP contribution in [0, 0.1) is 0 Å². The number of carbonyl (C=O) groups excluding carboxylic acids is 2. The van der Waals surface area contributed by atoms with Crippen LogP contribution < -0.4 is 10.6 Å². The molecule has 0 spiro atoms. The predicted molar refractivity (Wildman–Crippen MR) is 77.6 cm³/mol. The largest absolute Gasteiger partial charge is 0.331 e. The molecule has 1 aromatic rings. The molecule has 2 rings (SSSR count). The lowest BCUT2D eigenvalue weighted by atomic mass is 9.92. The van der Waals surface area contributed by atoms with E-state index in [1.807, 2.05) is 6.07 Å². The van der Waals surface area contributed by atoms with E-state index in [9.17, 15) is 9.59 Å². The molecule has 21 heavy (non-hydrogen) atoms. The predicted octanol–water partition coefficient (Wildman–Crippen LogP) is 2.53. The first-order chi connectivity index (χ1) is 10.1. The summed E-state index contributed by atoms with van der Waals surface area (Å²) in [6.45, 7) is 1.90. The Morgan fingerprint density at radius 1 is 1.38 bits per heavy atom. The van der Waals surface area contributed by atoms with Gasteiger partial charge in [0.1, 0.15) is 0 Å². The Hall–Kier alpha value is -2.79. The normalized spacial score (nSPS) is 17.6. The van der Waals surface area contributed by atoms with Crippen LogP contribution in [0.15, 0.2) is 46.7 Å². The second kappa shape index (κ2) is 6.58. The molecule has 0 aromatic heterocycles. The number of nitrogens with one attached hydrogen (secondary N) is 2. The molecule has 2 N–H and O–H groups in total. The van der Waals surface area contributed by atoms with Gasteiger partial charge in [-0.1, -0.05) is 35.4 Å². The molecule has 0 fully saturated rings. The number of urea groups is 1. The van der Waals surface area contributed by atoms with Crippen molar-refractivity contribution < 1.29 is 9.59 Å². The number of hydrogen-bond acceptors (Lipinski definition) is 3. The quantitative estimate of drug-likeness (QED) is 0.375. The number of ketones is 1. The number of azide groups is 1. The SMILES string of the molecule is CC1=C(C(=O)c2ccccc2)C(CCN=[N+]=[N-])NC(=O)N1. The Labute approximate surface area is 121 Å². The highest BCUT2D eigenvalue weighted by Crippen LogP contribution is 2.20. The van der Waals surface area contributed by atoms with Crippen LogP contribution >= 0.6 is 0 Å². The smallest absolute Gasteiger partial charge is 0.319 e. The minimum absolute atomic E-state index is 0.147. The molecule has 1 aliphatic rings. The second-order valence-electron chi connectivity index (χ2n) is 4.63. The standard InChI is InChI=1S/C14H15N5O2/c1-9-12(13(20)10-5-3-2-4-6-10)11(7-8-16-19-15)18-14(21)17-9/h2-6,11H,7-8H2,1H3,(H2,17,18,21). The highest BCUT2D eigenvalue weighted by atomic mass is 16.2. The molecule has 0 bridgehead atoms. The minimum atomic E-state index is -0.461. The molecule has 1 unspecified atom stereocenters. The number of carbonyl (C=O) groups is 2. The summed E-state index contributed by atoms with van der Waals surface area (Å²) in [5.74, 6) is -0.147. The Kier molecular flexibility index (Phi) is 4.58. The Balaban J connectivity index is 2.30. The molecule has 0 aliphatic carbocycles. The second-order valence-corrected chi connectivity index (χ2v) is 4.63. The van der Waals surface area contributed by atoms with Crippen molar-refractivity contribution in [1.82, 2.24) is 10.6 Å². The molecule has 0 saturated carbocycles. The number of rotatable bonds is 5. The van der Waals surface area contributed by atoms with E-state index < -0.39 is 6.04 Å². The summed E-state index contributed by atoms with van der Waals surface area (Å²) < 4.78 is 0. The van der Waals surface area contributed by atoms with E-state index >= 15 is 0 Å². The van der Waals surface area contributed by atoms with Crippen molar-refractivity contribution in [2.75, 3.05) is 6.54 Å². The summed E-state index contributed by atoms with van der Waals surface area (Å²) in [5, 5.41) is 8.76. The molecular formula is C14H15N5O2. The zero-order chi connectivity index (χ0) is 15.2. The van der Waals surface area contributed by atoms with E-state index in [4.69, 9.17) is 5.53 Å². The van der Waals surface area contributed by atoms with E-state index in [1.54, 1.807) is 31.2 Å². The summed E-state index contributed by atoms with van der Waals surface area (Å²) in [4.78, 5) is 26.8. The first kappa shape index (κ1) is 14.6. The van der Waals surface area contributed by atoms with Crippen molar-refractivity contribution in [3.63, 3.8) is 0 Å². The number of allylic oxidation sites excluding steroid dienone is 1. The zero-order valence-corrected chi connectivity index (χ0v) is 11.5. The molecule has 1 heterocycles. The van der Waals surface area contributed by atoms with Crippen molar-refractivity contribution in [1.29, 1.82) is 0 Å². The average molecular weight is 285 g/mol. The van der Waals surface area contributed by atoms with Gasteiger partial charge in [-0.3, -0.25) is 4.79 Å². The van der Waals surface area contributed by atoms with E-state index in [2.05, 4.69) is 20.7 Å². The van der Waals surface area contributed by atoms with Gasteiger partial charge in [-0.25, -0.2) is 4.79 Å². The number of Topliss-reactive ketones (excluding diaryl/α,β-unsaturated/α-hetero) is 1. The van der Waals surface area contributed by atoms with Gasteiger partial charge in [0.2, 0.25) is 0 Å². The molecule has 108 valence electrons. The Morgan fingerprint density at radius 3 is 2.76 bits per heavy atom. The van der Waals surface area contributed by atoms with Crippen molar-refractivity contribution >= 4 is 11.8 Å². The van der Waals surface area contributed by atoms with Gasteiger partial charge in [0, 0.05) is 28.3 Å². The average Bonchev–Trinajstić information content (AvgIpc) is 2.47. The molecule has 1 atom stereocenters. The minimum Gasteiger partial charge on any atom is -0.331 e. The third-order valence-electron chi connectivity index (χ3n) is 3.22. The van der Waals surface area contributed by atoms with E-state index in [-0.39, 0.29) is 18.4 Å². The lowest BCUT2D eigenvalue weighted by Crippen LogP contribution is -2.49. The van der Waals surface area contributed by atoms with Gasteiger partial charge in [0.05, 0.1) is 6.04 Å². The monoisotopic (exact) mass is 285 g/mol. The Bertz CT molecular complexity index is 632. The van der Waals surface area contributed by atoms with Gasteiger partial charge in [-0.15, -0.1) is 0 Å². The molecular weight excluding hydrogens is 270 g/mol. The maximum atomic E-state index is 12.6. The zero-order valence-electron chi connectivity index (χ0n) is 11.5. The summed E-state index contributed by atoms with van der Waals surface area (Å²) in [6.07, 6.45) is 0.378. The summed E-state index contributed by atoms with van der Waals surface area (Å²) in [6, 6.07) is 8.03. The molecule has 0 saturated heterocycles. The van der Waals surface area contributed by atoms with Gasteiger partial charge >= 0.3 is 6.03 Å². The molecule has 0 radical (unpaired) electrons. The maximum absolute atomic E-state index is 12.6. The molecule has 1 aliphatic heterocycles. The third kappa shape index (κ3) is 3.40. The fourth-order valence-corrected chi connectivity index (χ4v) is 2.29. The highest BCUT2D eigenvalue weighted by Gasteiger charge is 2.29. The van der Waals surface area contributed by atoms with Gasteiger partial charge in [0.15, 0.2) is 5.78 Å². The summed E-state index contributed by atoms with van der Waals surface area (Å²) in [7, 11) is 0. The molecule has 7 nitrogen and oxygen atoms in total. The van der Waals surface area contributed by atoms with E-state index in [0.717, 1.165) is 0 Å². The highest BCUT2D eigenvalue weighted by molar-refractivity contribution is 6.11. The van der Waals surface area contributed by atoms with E-state index in [0.29, 0.717) is 23.3 Å². The molecule has 1 aromatic carbocycles. The van der Waals surface area contributed by atoms with E-state index in [1.165, 1.54) is 0 Å². The maximum Gasteiger partial charge on any atom is 0.319 e. The van der Waals surface area contributed by atoms with Crippen molar-refractivity contribution in [3.05, 3.63) is 57.6 Å².